The Bertz CT molecular complexity index is 1950. The van der Waals surface area contributed by atoms with Crippen molar-refractivity contribution in [2.75, 3.05) is 74.6 Å². The van der Waals surface area contributed by atoms with Crippen molar-refractivity contribution in [3.8, 4) is 22.4 Å². The van der Waals surface area contributed by atoms with Crippen molar-refractivity contribution in [3.05, 3.63) is 84.1 Å². The van der Waals surface area contributed by atoms with Crippen molar-refractivity contribution in [1.29, 1.82) is 0 Å². The maximum Gasteiger partial charge on any atom is 0.223 e. The quantitative estimate of drug-likeness (QED) is 0.276. The number of hydrogen-bond donors (Lipinski definition) is 1. The molecule has 0 spiro atoms. The summed E-state index contributed by atoms with van der Waals surface area (Å²) in [5, 5.41) is 0. The van der Waals surface area contributed by atoms with E-state index in [1.165, 1.54) is 22.3 Å². The Morgan fingerprint density at radius 3 is 2.27 bits per heavy atom. The van der Waals surface area contributed by atoms with Gasteiger partial charge in [-0.25, -0.2) is 19.9 Å². The molecule has 0 unspecified atom stereocenters. The number of nitrogens with zero attached hydrogens (tertiary/aromatic N) is 9. The van der Waals surface area contributed by atoms with Gasteiger partial charge >= 0.3 is 0 Å². The van der Waals surface area contributed by atoms with E-state index in [1.54, 1.807) is 19.3 Å². The molecule has 252 valence electrons. The monoisotopic (exact) mass is 658 g/mol. The van der Waals surface area contributed by atoms with Gasteiger partial charge in [0.1, 0.15) is 0 Å². The van der Waals surface area contributed by atoms with Crippen LogP contribution in [-0.2, 0) is 29.0 Å². The van der Waals surface area contributed by atoms with Crippen LogP contribution >= 0.6 is 0 Å². The molecule has 2 N–H and O–H groups in total. The van der Waals surface area contributed by atoms with Crippen LogP contribution in [0.15, 0.2) is 67.3 Å². The van der Waals surface area contributed by atoms with Crippen LogP contribution in [0.4, 0.5) is 17.5 Å². The highest BCUT2D eigenvalue weighted by molar-refractivity contribution is 5.93. The molecule has 6 heterocycles. The number of aryl methyl sites for hydroxylation is 1. The minimum atomic E-state index is 0.116. The summed E-state index contributed by atoms with van der Waals surface area (Å²) in [4.78, 5) is 39.7. The van der Waals surface area contributed by atoms with E-state index in [4.69, 9.17) is 20.4 Å². The van der Waals surface area contributed by atoms with Crippen LogP contribution in [0.3, 0.4) is 0 Å². The number of benzene rings is 2. The summed E-state index contributed by atoms with van der Waals surface area (Å²) in [5.41, 5.74) is 15.3. The van der Waals surface area contributed by atoms with Gasteiger partial charge in [-0.1, -0.05) is 30.3 Å². The molecule has 0 saturated carbocycles. The Balaban J connectivity index is 0.910. The van der Waals surface area contributed by atoms with Gasteiger partial charge in [-0.15, -0.1) is 0 Å². The Morgan fingerprint density at radius 2 is 1.53 bits per heavy atom. The first-order chi connectivity index (χ1) is 24.0. The Kier molecular flexibility index (Phi) is 8.67. The van der Waals surface area contributed by atoms with E-state index in [0.717, 1.165) is 106 Å². The lowest BCUT2D eigenvalue weighted by Crippen LogP contribution is -2.45. The number of ether oxygens (including phenoxy) is 1. The maximum absolute atomic E-state index is 12.1. The van der Waals surface area contributed by atoms with Gasteiger partial charge in [0.15, 0.2) is 11.5 Å². The molecule has 3 aromatic heterocycles. The molecule has 2 fully saturated rings. The number of hydrogen-bond acceptors (Lipinski definition) is 10. The fourth-order valence-corrected chi connectivity index (χ4v) is 7.20. The Morgan fingerprint density at radius 1 is 0.816 bits per heavy atom. The Labute approximate surface area is 286 Å². The molecule has 0 bridgehead atoms. The van der Waals surface area contributed by atoms with Crippen LogP contribution in [-0.4, -0.2) is 99.1 Å². The number of imidazole rings is 1. The lowest BCUT2D eigenvalue weighted by atomic mass is 9.95. The van der Waals surface area contributed by atoms with Crippen molar-refractivity contribution >= 4 is 29.0 Å². The molecule has 12 nitrogen and oxygen atoms in total. The predicted octanol–water partition coefficient (Wildman–Crippen LogP) is 3.89. The van der Waals surface area contributed by atoms with Gasteiger partial charge in [-0.2, -0.15) is 0 Å². The first-order valence-electron chi connectivity index (χ1n) is 17.2. The lowest BCUT2D eigenvalue weighted by molar-refractivity contribution is -0.116. The molecule has 3 aliphatic rings. The van der Waals surface area contributed by atoms with Crippen molar-refractivity contribution in [3.63, 3.8) is 0 Å². The molecule has 5 aromatic rings. The van der Waals surface area contributed by atoms with Gasteiger partial charge in [0, 0.05) is 102 Å². The average molecular weight is 659 g/mol. The molecular weight excluding hydrogens is 616 g/mol. The number of carbonyl (C=O) groups is 1. The smallest absolute Gasteiger partial charge is 0.223 e. The van der Waals surface area contributed by atoms with E-state index in [1.807, 2.05) is 11.1 Å². The molecule has 12 heteroatoms. The van der Waals surface area contributed by atoms with Gasteiger partial charge in [-0.05, 0) is 47.2 Å². The summed E-state index contributed by atoms with van der Waals surface area (Å²) in [5.74, 6) is 1.21. The highest BCUT2D eigenvalue weighted by atomic mass is 16.5. The van der Waals surface area contributed by atoms with Crippen LogP contribution in [0.1, 0.15) is 30.2 Å². The van der Waals surface area contributed by atoms with E-state index >= 15 is 0 Å². The van der Waals surface area contributed by atoms with E-state index in [2.05, 4.69) is 77.7 Å². The second-order valence-corrected chi connectivity index (χ2v) is 13.2. The number of aromatic nitrogens is 5. The fraction of sp³-hybridized carbons (Fsp3) is 0.378. The second-order valence-electron chi connectivity index (χ2n) is 13.2. The molecule has 0 radical (unpaired) electrons. The fourth-order valence-electron chi connectivity index (χ4n) is 7.20. The van der Waals surface area contributed by atoms with Crippen molar-refractivity contribution < 1.29 is 9.53 Å². The molecule has 2 saturated heterocycles. The van der Waals surface area contributed by atoms with Crippen LogP contribution in [0, 0.1) is 0 Å². The van der Waals surface area contributed by atoms with E-state index in [-0.39, 0.29) is 11.9 Å². The van der Waals surface area contributed by atoms with Crippen LogP contribution in [0.5, 0.6) is 0 Å². The largest absolute Gasteiger partial charge is 0.378 e. The zero-order valence-electron chi connectivity index (χ0n) is 28.0. The molecule has 2 aromatic carbocycles. The summed E-state index contributed by atoms with van der Waals surface area (Å²) in [6.45, 7) is 11.1. The standard InChI is InChI=1S/C37H42N10O2/c1-26(48)47-10-2-3-30-19-29(8-9-34(30)47)28-6-4-27(5-7-28)22-43-11-13-44(14-12-43)23-32-24-46-25-33(31-20-39-37(38)40-21-31)42-36(35(46)41-32)45-15-17-49-18-16-45/h4-9,19-21,24-25H,2-3,10-18,22-23H2,1H3,(H2,38,39,40). The normalized spacial score (nSPS) is 17.4. The van der Waals surface area contributed by atoms with Gasteiger partial charge in [0.2, 0.25) is 11.9 Å². The molecule has 0 atom stereocenters. The van der Waals surface area contributed by atoms with Gasteiger partial charge in [0.25, 0.3) is 0 Å². The Hall–Kier alpha value is -4.91. The molecule has 49 heavy (non-hydrogen) atoms. The van der Waals surface area contributed by atoms with Crippen molar-refractivity contribution in [1.82, 2.24) is 34.1 Å². The van der Waals surface area contributed by atoms with Crippen LogP contribution in [0.2, 0.25) is 0 Å². The summed E-state index contributed by atoms with van der Waals surface area (Å²) in [6, 6.07) is 15.5. The topological polar surface area (TPSA) is 121 Å². The number of morpholine rings is 1. The van der Waals surface area contributed by atoms with E-state index in [9.17, 15) is 4.79 Å². The van der Waals surface area contributed by atoms with E-state index in [0.29, 0.717) is 13.2 Å². The highest BCUT2D eigenvalue weighted by Crippen LogP contribution is 2.32. The number of carbonyl (C=O) groups excluding carboxylic acids is 1. The lowest BCUT2D eigenvalue weighted by Gasteiger charge is -2.34. The average Bonchev–Trinajstić information content (AvgIpc) is 3.55. The van der Waals surface area contributed by atoms with Gasteiger partial charge in [0.05, 0.1) is 24.6 Å². The zero-order chi connectivity index (χ0) is 33.3. The maximum atomic E-state index is 12.1. The summed E-state index contributed by atoms with van der Waals surface area (Å²) in [6.07, 6.45) is 9.58. The summed E-state index contributed by atoms with van der Waals surface area (Å²) < 4.78 is 7.70. The van der Waals surface area contributed by atoms with Crippen LogP contribution < -0.4 is 15.5 Å². The number of nitrogens with two attached hydrogens (primary N) is 1. The van der Waals surface area contributed by atoms with Crippen LogP contribution in [0.25, 0.3) is 28.0 Å². The molecule has 0 aliphatic carbocycles. The summed E-state index contributed by atoms with van der Waals surface area (Å²) >= 11 is 0. The number of nitrogen functional groups attached to an aromatic ring is 1. The minimum absolute atomic E-state index is 0.116. The third-order valence-corrected chi connectivity index (χ3v) is 9.87. The zero-order valence-corrected chi connectivity index (χ0v) is 28.0. The van der Waals surface area contributed by atoms with Gasteiger partial charge in [-0.3, -0.25) is 14.6 Å². The van der Waals surface area contributed by atoms with Crippen molar-refractivity contribution in [2.45, 2.75) is 32.9 Å². The number of amides is 1. The molecule has 8 rings (SSSR count). The third-order valence-electron chi connectivity index (χ3n) is 9.87. The molecule has 3 aliphatic heterocycles. The van der Waals surface area contributed by atoms with Crippen molar-refractivity contribution in [2.24, 2.45) is 0 Å². The number of fused-ring (bicyclic) bond motifs is 2. The minimum Gasteiger partial charge on any atom is -0.378 e. The number of rotatable bonds is 7. The first-order valence-corrected chi connectivity index (χ1v) is 17.2. The molecule has 1 amide bonds. The molecular formula is C37H42N10O2. The van der Waals surface area contributed by atoms with E-state index < -0.39 is 0 Å². The second kappa shape index (κ2) is 13.5. The first kappa shape index (κ1) is 31.4. The number of piperazine rings is 1. The summed E-state index contributed by atoms with van der Waals surface area (Å²) in [7, 11) is 0. The SMILES string of the molecule is CC(=O)N1CCCc2cc(-c3ccc(CN4CCN(Cc5cn6cc(-c7cnc(N)nc7)nc(N7CCOCC7)c6n5)CC4)cc3)ccc21. The third kappa shape index (κ3) is 6.71. The predicted molar refractivity (Wildman–Crippen MR) is 190 cm³/mol. The van der Waals surface area contributed by atoms with Gasteiger partial charge < -0.3 is 24.7 Å². The highest BCUT2D eigenvalue weighted by Gasteiger charge is 2.23. The number of anilines is 3.